The first-order valence-electron chi connectivity index (χ1n) is 5.79. The Morgan fingerprint density at radius 3 is 2.72 bits per heavy atom. The minimum Gasteiger partial charge on any atom is -0.465 e. The van der Waals surface area contributed by atoms with Gasteiger partial charge in [0.25, 0.3) is 0 Å². The smallest absolute Gasteiger partial charge is 0.407 e. The lowest BCUT2D eigenvalue weighted by atomic mass is 9.86. The van der Waals surface area contributed by atoms with E-state index in [0.717, 1.165) is 10.0 Å². The minimum absolute atomic E-state index is 0.383. The molecule has 6 heteroatoms. The molecule has 2 rings (SSSR count). The first kappa shape index (κ1) is 13.3. The fourth-order valence-corrected chi connectivity index (χ4v) is 2.58. The van der Waals surface area contributed by atoms with Crippen molar-refractivity contribution in [3.63, 3.8) is 0 Å². The van der Waals surface area contributed by atoms with Gasteiger partial charge in [-0.3, -0.25) is 4.98 Å². The Kier molecular flexibility index (Phi) is 3.87. The van der Waals surface area contributed by atoms with Crippen LogP contribution in [0.25, 0.3) is 0 Å². The molecule has 1 aliphatic heterocycles. The number of carboxylic acid groups (broad SMARTS) is 1. The van der Waals surface area contributed by atoms with Gasteiger partial charge in [-0.1, -0.05) is 0 Å². The van der Waals surface area contributed by atoms with Crippen molar-refractivity contribution in [1.29, 1.82) is 0 Å². The van der Waals surface area contributed by atoms with Crippen LogP contribution in [0.1, 0.15) is 18.4 Å². The molecule has 1 saturated heterocycles. The van der Waals surface area contributed by atoms with Crippen molar-refractivity contribution >= 4 is 22.0 Å². The molecule has 0 atom stereocenters. The van der Waals surface area contributed by atoms with Gasteiger partial charge in [-0.2, -0.15) is 0 Å². The van der Waals surface area contributed by atoms with E-state index in [9.17, 15) is 9.90 Å². The summed E-state index contributed by atoms with van der Waals surface area (Å²) in [4.78, 5) is 16.1. The summed E-state index contributed by atoms with van der Waals surface area (Å²) < 4.78 is 0.874. The molecule has 0 saturated carbocycles. The largest absolute Gasteiger partial charge is 0.465 e. The zero-order valence-electron chi connectivity index (χ0n) is 9.84. The summed E-state index contributed by atoms with van der Waals surface area (Å²) in [7, 11) is 0. The van der Waals surface area contributed by atoms with Crippen LogP contribution < -0.4 is 0 Å². The summed E-state index contributed by atoms with van der Waals surface area (Å²) in [5, 5.41) is 19.4. The summed E-state index contributed by atoms with van der Waals surface area (Å²) in [6.07, 6.45) is 3.93. The first-order valence-corrected chi connectivity index (χ1v) is 6.58. The predicted octanol–water partition coefficient (Wildman–Crippen LogP) is 1.89. The second-order valence-electron chi connectivity index (χ2n) is 4.64. The van der Waals surface area contributed by atoms with E-state index in [1.165, 1.54) is 4.90 Å². The van der Waals surface area contributed by atoms with Crippen molar-refractivity contribution in [3.8, 4) is 0 Å². The van der Waals surface area contributed by atoms with Gasteiger partial charge in [-0.25, -0.2) is 4.79 Å². The molecule has 1 aromatic heterocycles. The van der Waals surface area contributed by atoms with Crippen LogP contribution in [0.2, 0.25) is 0 Å². The Balaban J connectivity index is 2.02. The van der Waals surface area contributed by atoms with Crippen LogP contribution in [0.4, 0.5) is 4.79 Å². The number of likely N-dealkylation sites (tertiary alicyclic amines) is 1. The number of hydrogen-bond donors (Lipinski definition) is 2. The van der Waals surface area contributed by atoms with Gasteiger partial charge in [0.2, 0.25) is 0 Å². The highest BCUT2D eigenvalue weighted by molar-refractivity contribution is 9.10. The van der Waals surface area contributed by atoms with Crippen LogP contribution in [-0.2, 0) is 6.42 Å². The highest BCUT2D eigenvalue weighted by Crippen LogP contribution is 2.28. The maximum atomic E-state index is 10.8. The van der Waals surface area contributed by atoms with Crippen molar-refractivity contribution in [1.82, 2.24) is 9.88 Å². The number of hydrogen-bond acceptors (Lipinski definition) is 3. The lowest BCUT2D eigenvalue weighted by molar-refractivity contribution is -0.0163. The quantitative estimate of drug-likeness (QED) is 0.874. The number of piperidine rings is 1. The third-order valence-electron chi connectivity index (χ3n) is 3.34. The number of aromatic nitrogens is 1. The zero-order valence-corrected chi connectivity index (χ0v) is 11.4. The van der Waals surface area contributed by atoms with E-state index in [1.807, 2.05) is 6.07 Å². The van der Waals surface area contributed by atoms with E-state index in [2.05, 4.69) is 20.9 Å². The van der Waals surface area contributed by atoms with E-state index >= 15 is 0 Å². The molecule has 98 valence electrons. The topological polar surface area (TPSA) is 73.7 Å². The lowest BCUT2D eigenvalue weighted by Gasteiger charge is -2.37. The van der Waals surface area contributed by atoms with E-state index in [4.69, 9.17) is 5.11 Å². The third kappa shape index (κ3) is 3.00. The van der Waals surface area contributed by atoms with Gasteiger partial charge in [0.15, 0.2) is 0 Å². The molecule has 0 unspecified atom stereocenters. The van der Waals surface area contributed by atoms with Gasteiger partial charge in [-0.15, -0.1) is 0 Å². The molecule has 1 aliphatic rings. The van der Waals surface area contributed by atoms with Gasteiger partial charge in [-0.05, 0) is 40.4 Å². The second-order valence-corrected chi connectivity index (χ2v) is 5.49. The van der Waals surface area contributed by atoms with Crippen LogP contribution in [-0.4, -0.2) is 44.9 Å². The summed E-state index contributed by atoms with van der Waals surface area (Å²) in [6.45, 7) is 0.767. The molecular formula is C12H15BrN2O3. The minimum atomic E-state index is -0.915. The number of aliphatic hydroxyl groups is 1. The van der Waals surface area contributed by atoms with Crippen LogP contribution in [0.5, 0.6) is 0 Å². The number of halogens is 1. The Morgan fingerprint density at radius 2 is 2.17 bits per heavy atom. The van der Waals surface area contributed by atoms with Gasteiger partial charge < -0.3 is 15.1 Å². The van der Waals surface area contributed by atoms with Gasteiger partial charge in [0.05, 0.1) is 5.60 Å². The van der Waals surface area contributed by atoms with Crippen LogP contribution in [0.3, 0.4) is 0 Å². The van der Waals surface area contributed by atoms with E-state index in [-0.39, 0.29) is 0 Å². The summed E-state index contributed by atoms with van der Waals surface area (Å²) >= 11 is 3.40. The number of pyridine rings is 1. The molecular weight excluding hydrogens is 300 g/mol. The third-order valence-corrected chi connectivity index (χ3v) is 4.05. The highest BCUT2D eigenvalue weighted by Gasteiger charge is 2.34. The molecule has 2 N–H and O–H groups in total. The van der Waals surface area contributed by atoms with Crippen LogP contribution >= 0.6 is 15.9 Å². The van der Waals surface area contributed by atoms with Crippen molar-refractivity contribution in [3.05, 3.63) is 28.5 Å². The second kappa shape index (κ2) is 5.24. The number of amides is 1. The fraction of sp³-hybridized carbons (Fsp3) is 0.500. The molecule has 0 radical (unpaired) electrons. The number of nitrogens with zero attached hydrogens (tertiary/aromatic N) is 2. The maximum Gasteiger partial charge on any atom is 0.407 e. The first-order chi connectivity index (χ1) is 8.50. The Morgan fingerprint density at radius 1 is 1.50 bits per heavy atom. The average Bonchev–Trinajstić information content (AvgIpc) is 2.32. The Hall–Kier alpha value is -1.14. The Labute approximate surface area is 114 Å². The van der Waals surface area contributed by atoms with Gasteiger partial charge in [0.1, 0.15) is 0 Å². The Bertz CT molecular complexity index is 445. The van der Waals surface area contributed by atoms with Gasteiger partial charge >= 0.3 is 6.09 Å². The van der Waals surface area contributed by atoms with Crippen molar-refractivity contribution < 1.29 is 15.0 Å². The molecule has 0 aliphatic carbocycles. The molecule has 18 heavy (non-hydrogen) atoms. The van der Waals surface area contributed by atoms with Crippen molar-refractivity contribution in [2.24, 2.45) is 0 Å². The highest BCUT2D eigenvalue weighted by atomic mass is 79.9. The SMILES string of the molecule is O=C(O)N1CCC(O)(Cc2ccncc2Br)CC1. The monoisotopic (exact) mass is 314 g/mol. The zero-order chi connectivity index (χ0) is 13.2. The lowest BCUT2D eigenvalue weighted by Crippen LogP contribution is -2.47. The predicted molar refractivity (Wildman–Crippen MR) is 69.4 cm³/mol. The van der Waals surface area contributed by atoms with E-state index < -0.39 is 11.7 Å². The summed E-state index contributed by atoms with van der Waals surface area (Å²) in [6, 6.07) is 1.87. The van der Waals surface area contributed by atoms with Crippen LogP contribution in [0.15, 0.2) is 22.9 Å². The molecule has 2 heterocycles. The molecule has 0 spiro atoms. The molecule has 5 nitrogen and oxygen atoms in total. The average molecular weight is 315 g/mol. The van der Waals surface area contributed by atoms with Crippen molar-refractivity contribution in [2.75, 3.05) is 13.1 Å². The fourth-order valence-electron chi connectivity index (χ4n) is 2.19. The number of rotatable bonds is 2. The summed E-state index contributed by atoms with van der Waals surface area (Å²) in [5.74, 6) is 0. The molecule has 1 aromatic rings. The maximum absolute atomic E-state index is 10.8. The molecule has 0 aromatic carbocycles. The summed E-state index contributed by atoms with van der Waals surface area (Å²) in [5.41, 5.74) is 0.173. The number of carbonyl (C=O) groups is 1. The standard InChI is InChI=1S/C12H15BrN2O3/c13-10-8-14-4-1-9(10)7-12(18)2-5-15(6-3-12)11(16)17/h1,4,8,18H,2-3,5-7H2,(H,16,17). The molecule has 0 bridgehead atoms. The van der Waals surface area contributed by atoms with E-state index in [1.54, 1.807) is 12.4 Å². The molecule has 1 fully saturated rings. The normalized spacial score (nSPS) is 18.7. The van der Waals surface area contributed by atoms with Crippen LogP contribution in [0, 0.1) is 0 Å². The van der Waals surface area contributed by atoms with E-state index in [0.29, 0.717) is 32.4 Å². The van der Waals surface area contributed by atoms with Crippen molar-refractivity contribution in [2.45, 2.75) is 24.9 Å². The molecule has 1 amide bonds. The van der Waals surface area contributed by atoms with Gasteiger partial charge in [0, 0.05) is 36.4 Å².